The zero-order chi connectivity index (χ0) is 16.8. The first kappa shape index (κ1) is 18.3. The average Bonchev–Trinajstić information content (AvgIpc) is 3.09. The van der Waals surface area contributed by atoms with E-state index >= 15 is 0 Å². The lowest BCUT2D eigenvalue weighted by Crippen LogP contribution is -2.36. The molecule has 0 spiro atoms. The number of aromatic nitrogens is 2. The Hall–Kier alpha value is -1.05. The molecule has 23 heavy (non-hydrogen) atoms. The summed E-state index contributed by atoms with van der Waals surface area (Å²) in [7, 11) is 1.63. The number of thioether (sulfide) groups is 1. The van der Waals surface area contributed by atoms with Gasteiger partial charge in [0.2, 0.25) is 5.91 Å². The van der Waals surface area contributed by atoms with E-state index in [0.717, 1.165) is 42.5 Å². The molecule has 0 aliphatic carbocycles. The van der Waals surface area contributed by atoms with Crippen molar-refractivity contribution in [1.82, 2.24) is 14.9 Å². The van der Waals surface area contributed by atoms with Crippen LogP contribution < -0.4 is 5.32 Å². The Balaban J connectivity index is 1.93. The molecule has 1 saturated heterocycles. The van der Waals surface area contributed by atoms with Crippen molar-refractivity contribution in [3.05, 3.63) is 11.4 Å². The Bertz CT molecular complexity index is 527. The number of carbonyl (C=O) groups excluding carboxylic acids is 1. The summed E-state index contributed by atoms with van der Waals surface area (Å²) in [5.74, 6) is 0.358. The topological polar surface area (TPSA) is 65.4 Å². The molecule has 1 aliphatic rings. The highest BCUT2D eigenvalue weighted by atomic mass is 32.2. The molecule has 6 nitrogen and oxygen atoms in total. The number of hydrogen-bond acceptors (Lipinski definition) is 5. The van der Waals surface area contributed by atoms with E-state index in [-0.39, 0.29) is 18.1 Å². The molecule has 0 radical (unpaired) electrons. The number of nitrogens with one attached hydrogen (secondary N) is 1. The molecule has 1 amide bonds. The van der Waals surface area contributed by atoms with Crippen LogP contribution in [0.25, 0.3) is 0 Å². The van der Waals surface area contributed by atoms with Crippen LogP contribution in [-0.4, -0.2) is 53.7 Å². The number of aryl methyl sites for hydroxylation is 1. The van der Waals surface area contributed by atoms with Crippen LogP contribution in [0.5, 0.6) is 0 Å². The second kappa shape index (κ2) is 8.70. The lowest BCUT2D eigenvalue weighted by Gasteiger charge is -2.15. The van der Waals surface area contributed by atoms with Crippen molar-refractivity contribution in [2.75, 3.05) is 26.1 Å². The van der Waals surface area contributed by atoms with Gasteiger partial charge in [0.05, 0.1) is 30.7 Å². The summed E-state index contributed by atoms with van der Waals surface area (Å²) in [5, 5.41) is 3.81. The van der Waals surface area contributed by atoms with Crippen LogP contribution in [0.2, 0.25) is 0 Å². The second-order valence-electron chi connectivity index (χ2n) is 6.02. The predicted molar refractivity (Wildman–Crippen MR) is 90.9 cm³/mol. The van der Waals surface area contributed by atoms with Gasteiger partial charge < -0.3 is 19.4 Å². The molecule has 1 aromatic rings. The van der Waals surface area contributed by atoms with E-state index in [9.17, 15) is 4.79 Å². The molecule has 1 aromatic heterocycles. The molecule has 7 heteroatoms. The number of nitrogens with zero attached hydrogens (tertiary/aromatic N) is 2. The van der Waals surface area contributed by atoms with Crippen LogP contribution in [0.3, 0.4) is 0 Å². The highest BCUT2D eigenvalue weighted by Crippen LogP contribution is 2.24. The third kappa shape index (κ3) is 5.22. The molecule has 2 rings (SSSR count). The quantitative estimate of drug-likeness (QED) is 0.732. The molecule has 1 N–H and O–H groups in total. The smallest absolute Gasteiger partial charge is 0.230 e. The third-order valence-electron chi connectivity index (χ3n) is 3.99. The highest BCUT2D eigenvalue weighted by Gasteiger charge is 2.20. The summed E-state index contributed by atoms with van der Waals surface area (Å²) in [6, 6.07) is 0.0169. The fourth-order valence-corrected chi connectivity index (χ4v) is 3.59. The molecule has 0 aromatic carbocycles. The second-order valence-corrected chi connectivity index (χ2v) is 6.97. The molecule has 2 atom stereocenters. The average molecular weight is 341 g/mol. The summed E-state index contributed by atoms with van der Waals surface area (Å²) in [6.45, 7) is 8.19. The standard InChI is InChI=1S/C16H27N3O3S/c1-11(9-21-4)17-15(20)10-23-16-18-12(2)13(3)19(16)8-14-6-5-7-22-14/h11,14H,5-10H2,1-4H3,(H,17,20). The maximum atomic E-state index is 12.0. The van der Waals surface area contributed by atoms with Crippen LogP contribution in [0.4, 0.5) is 0 Å². The lowest BCUT2D eigenvalue weighted by atomic mass is 10.2. The Morgan fingerprint density at radius 3 is 3.00 bits per heavy atom. The van der Waals surface area contributed by atoms with E-state index in [1.54, 1.807) is 7.11 Å². The normalized spacial score (nSPS) is 19.0. The Kier molecular flexibility index (Phi) is 6.92. The van der Waals surface area contributed by atoms with Gasteiger partial charge in [0.1, 0.15) is 0 Å². The SMILES string of the molecule is COCC(C)NC(=O)CSc1nc(C)c(C)n1CC1CCCO1. The summed E-state index contributed by atoms with van der Waals surface area (Å²) in [4.78, 5) is 16.6. The number of rotatable bonds is 8. The van der Waals surface area contributed by atoms with E-state index in [0.29, 0.717) is 12.4 Å². The van der Waals surface area contributed by atoms with E-state index in [1.165, 1.54) is 11.8 Å². The van der Waals surface area contributed by atoms with Crippen molar-refractivity contribution in [3.8, 4) is 0 Å². The van der Waals surface area contributed by atoms with Gasteiger partial charge in [0, 0.05) is 25.5 Å². The van der Waals surface area contributed by atoms with Gasteiger partial charge in [-0.3, -0.25) is 4.79 Å². The van der Waals surface area contributed by atoms with Crippen LogP contribution in [0.1, 0.15) is 31.2 Å². The maximum absolute atomic E-state index is 12.0. The largest absolute Gasteiger partial charge is 0.383 e. The molecule has 0 bridgehead atoms. The Morgan fingerprint density at radius 1 is 1.57 bits per heavy atom. The van der Waals surface area contributed by atoms with Gasteiger partial charge >= 0.3 is 0 Å². The fraction of sp³-hybridized carbons (Fsp3) is 0.750. The Labute approximate surface area is 142 Å². The van der Waals surface area contributed by atoms with Crippen LogP contribution in [-0.2, 0) is 20.8 Å². The van der Waals surface area contributed by atoms with E-state index in [2.05, 4.69) is 21.8 Å². The summed E-state index contributed by atoms with van der Waals surface area (Å²) in [5.41, 5.74) is 2.16. The van der Waals surface area contributed by atoms with Gasteiger partial charge in [-0.15, -0.1) is 0 Å². The minimum Gasteiger partial charge on any atom is -0.383 e. The molecule has 0 saturated carbocycles. The minimum atomic E-state index is 0.00141. The summed E-state index contributed by atoms with van der Waals surface area (Å²) < 4.78 is 12.9. The Morgan fingerprint density at radius 2 is 2.35 bits per heavy atom. The fourth-order valence-electron chi connectivity index (χ4n) is 2.68. The molecule has 130 valence electrons. The summed E-state index contributed by atoms with van der Waals surface area (Å²) in [6.07, 6.45) is 2.48. The minimum absolute atomic E-state index is 0.00141. The monoisotopic (exact) mass is 341 g/mol. The van der Waals surface area contributed by atoms with Gasteiger partial charge in [-0.25, -0.2) is 4.98 Å². The lowest BCUT2D eigenvalue weighted by molar-refractivity contribution is -0.119. The first-order valence-corrected chi connectivity index (χ1v) is 9.06. The van der Waals surface area contributed by atoms with Crippen LogP contribution in [0.15, 0.2) is 5.16 Å². The zero-order valence-electron chi connectivity index (χ0n) is 14.4. The van der Waals surface area contributed by atoms with Gasteiger partial charge in [-0.2, -0.15) is 0 Å². The molecule has 2 heterocycles. The van der Waals surface area contributed by atoms with Crippen molar-refractivity contribution >= 4 is 17.7 Å². The van der Waals surface area contributed by atoms with E-state index in [1.807, 2.05) is 13.8 Å². The molecular formula is C16H27N3O3S. The number of ether oxygens (including phenoxy) is 2. The van der Waals surface area contributed by atoms with Crippen LogP contribution in [0, 0.1) is 13.8 Å². The van der Waals surface area contributed by atoms with E-state index in [4.69, 9.17) is 9.47 Å². The first-order valence-electron chi connectivity index (χ1n) is 8.07. The van der Waals surface area contributed by atoms with Gasteiger partial charge in [-0.05, 0) is 33.6 Å². The van der Waals surface area contributed by atoms with Crippen LogP contribution >= 0.6 is 11.8 Å². The number of amides is 1. The number of methoxy groups -OCH3 is 1. The van der Waals surface area contributed by atoms with Gasteiger partial charge in [-0.1, -0.05) is 11.8 Å². The predicted octanol–water partition coefficient (Wildman–Crippen LogP) is 1.92. The summed E-state index contributed by atoms with van der Waals surface area (Å²) >= 11 is 1.48. The molecule has 1 aliphatic heterocycles. The number of hydrogen-bond donors (Lipinski definition) is 1. The van der Waals surface area contributed by atoms with Gasteiger partial charge in [0.15, 0.2) is 5.16 Å². The molecule has 1 fully saturated rings. The van der Waals surface area contributed by atoms with Crippen molar-refractivity contribution in [2.45, 2.75) is 57.5 Å². The zero-order valence-corrected chi connectivity index (χ0v) is 15.2. The van der Waals surface area contributed by atoms with Crippen molar-refractivity contribution in [1.29, 1.82) is 0 Å². The van der Waals surface area contributed by atoms with E-state index < -0.39 is 0 Å². The van der Waals surface area contributed by atoms with Gasteiger partial charge in [0.25, 0.3) is 0 Å². The molecule has 2 unspecified atom stereocenters. The number of imidazole rings is 1. The maximum Gasteiger partial charge on any atom is 0.230 e. The van der Waals surface area contributed by atoms with Crippen molar-refractivity contribution in [3.63, 3.8) is 0 Å². The highest BCUT2D eigenvalue weighted by molar-refractivity contribution is 7.99. The number of carbonyl (C=O) groups is 1. The molecular weight excluding hydrogens is 314 g/mol. The van der Waals surface area contributed by atoms with Crippen molar-refractivity contribution < 1.29 is 14.3 Å². The first-order chi connectivity index (χ1) is 11.0. The van der Waals surface area contributed by atoms with Crippen molar-refractivity contribution in [2.24, 2.45) is 0 Å². The third-order valence-corrected chi connectivity index (χ3v) is 4.97.